The number of aromatic hydroxyl groups is 2. The highest BCUT2D eigenvalue weighted by Gasteiger charge is 2.23. The van der Waals surface area contributed by atoms with Gasteiger partial charge in [-0.2, -0.15) is 0 Å². The molecule has 1 unspecified atom stereocenters. The molecule has 2 aromatic carbocycles. The molecule has 0 aromatic heterocycles. The molecule has 27 heavy (non-hydrogen) atoms. The topological polar surface area (TPSA) is 124 Å². The van der Waals surface area contributed by atoms with Gasteiger partial charge in [0.2, 0.25) is 5.91 Å². The van der Waals surface area contributed by atoms with E-state index in [2.05, 4.69) is 5.32 Å². The van der Waals surface area contributed by atoms with E-state index in [1.807, 2.05) is 0 Å². The smallest absolute Gasteiger partial charge is 0.224 e. The number of aliphatic hydroxyl groups excluding tert-OH is 1. The van der Waals surface area contributed by atoms with Gasteiger partial charge in [0.25, 0.3) is 0 Å². The Kier molecular flexibility index (Phi) is 6.40. The van der Waals surface area contributed by atoms with Crippen molar-refractivity contribution in [2.45, 2.75) is 23.5 Å². The number of phenols is 2. The first-order chi connectivity index (χ1) is 12.6. The van der Waals surface area contributed by atoms with Crippen molar-refractivity contribution in [1.29, 1.82) is 0 Å². The van der Waals surface area contributed by atoms with Crippen LogP contribution in [0.5, 0.6) is 11.5 Å². The molecule has 4 N–H and O–H groups in total. The van der Waals surface area contributed by atoms with E-state index < -0.39 is 34.6 Å². The average Bonchev–Trinajstić information content (AvgIpc) is 2.61. The molecule has 0 aliphatic carbocycles. The Morgan fingerprint density at radius 2 is 1.74 bits per heavy atom. The van der Waals surface area contributed by atoms with Gasteiger partial charge in [-0.25, -0.2) is 12.8 Å². The predicted octanol–water partition coefficient (Wildman–Crippen LogP) is 1.23. The van der Waals surface area contributed by atoms with Crippen LogP contribution in [0.1, 0.15) is 17.2 Å². The van der Waals surface area contributed by atoms with E-state index in [-0.39, 0.29) is 28.4 Å². The first kappa shape index (κ1) is 20.7. The molecular weight excluding hydrogens is 377 g/mol. The van der Waals surface area contributed by atoms with E-state index in [1.54, 1.807) is 0 Å². The minimum atomic E-state index is -3.39. The van der Waals surface area contributed by atoms with Gasteiger partial charge in [0.15, 0.2) is 21.3 Å². The van der Waals surface area contributed by atoms with Crippen LogP contribution in [0.15, 0.2) is 47.4 Å². The molecule has 2 atom stereocenters. The number of nitrogens with one attached hydrogen (secondary N) is 1. The fraction of sp³-hybridized carbons (Fsp3) is 0.278. The molecule has 2 aromatic rings. The number of alkyl halides is 1. The van der Waals surface area contributed by atoms with Gasteiger partial charge in [0.05, 0.1) is 17.4 Å². The number of phenolic OH excluding ortho intramolecular Hbond substituents is 2. The van der Waals surface area contributed by atoms with Crippen LogP contribution in [0.4, 0.5) is 4.39 Å². The number of carbonyl (C=O) groups excluding carboxylic acids is 1. The second kappa shape index (κ2) is 8.36. The van der Waals surface area contributed by atoms with Crippen molar-refractivity contribution >= 4 is 15.7 Å². The Labute approximate surface area is 156 Å². The normalized spacial score (nSPS) is 13.7. The number of amides is 1. The molecule has 0 saturated heterocycles. The lowest BCUT2D eigenvalue weighted by Gasteiger charge is -2.22. The highest BCUT2D eigenvalue weighted by molar-refractivity contribution is 7.90. The Bertz CT molecular complexity index is 914. The number of hydrogen-bond acceptors (Lipinski definition) is 6. The van der Waals surface area contributed by atoms with Crippen LogP contribution in [0.2, 0.25) is 0 Å². The molecule has 1 amide bonds. The van der Waals surface area contributed by atoms with Gasteiger partial charge >= 0.3 is 0 Å². The fourth-order valence-corrected chi connectivity index (χ4v) is 3.10. The molecule has 7 nitrogen and oxygen atoms in total. The summed E-state index contributed by atoms with van der Waals surface area (Å²) in [5.74, 6) is -1.29. The third-order valence-corrected chi connectivity index (χ3v) is 5.08. The molecule has 146 valence electrons. The highest BCUT2D eigenvalue weighted by atomic mass is 32.2. The number of sulfone groups is 1. The van der Waals surface area contributed by atoms with Gasteiger partial charge in [-0.1, -0.05) is 18.2 Å². The van der Waals surface area contributed by atoms with E-state index in [0.717, 1.165) is 6.26 Å². The summed E-state index contributed by atoms with van der Waals surface area (Å²) in [6, 6.07) is 7.94. The van der Waals surface area contributed by atoms with Crippen LogP contribution in [0.3, 0.4) is 0 Å². The molecule has 0 heterocycles. The summed E-state index contributed by atoms with van der Waals surface area (Å²) in [6.07, 6.45) is -0.519. The van der Waals surface area contributed by atoms with Crippen LogP contribution < -0.4 is 5.32 Å². The third-order valence-electron chi connectivity index (χ3n) is 3.95. The van der Waals surface area contributed by atoms with Crippen LogP contribution in [0, 0.1) is 0 Å². The SMILES string of the molecule is CS(=O)(=O)c1ccc([C@@H](O)C(CF)NC(=O)Cc2ccc(O)c(O)c2)cc1. The van der Waals surface area contributed by atoms with E-state index in [1.165, 1.54) is 42.5 Å². The van der Waals surface area contributed by atoms with Crippen LogP contribution in [-0.2, 0) is 21.1 Å². The molecule has 0 fully saturated rings. The monoisotopic (exact) mass is 397 g/mol. The molecular formula is C18H20FNO6S. The largest absolute Gasteiger partial charge is 0.504 e. The number of benzene rings is 2. The Balaban J connectivity index is 2.06. The predicted molar refractivity (Wildman–Crippen MR) is 95.9 cm³/mol. The lowest BCUT2D eigenvalue weighted by Crippen LogP contribution is -2.41. The van der Waals surface area contributed by atoms with Crippen molar-refractivity contribution < 1.29 is 32.9 Å². The van der Waals surface area contributed by atoms with E-state index in [9.17, 15) is 32.9 Å². The number of hydrogen-bond donors (Lipinski definition) is 4. The standard InChI is InChI=1S/C18H20FNO6S/c1-27(25,26)13-5-3-12(4-6-13)18(24)14(10-19)20-17(23)9-11-2-7-15(21)16(22)8-11/h2-8,14,18,21-22,24H,9-10H2,1H3,(H,20,23)/t14?,18-/m1/s1. The van der Waals surface area contributed by atoms with Crippen molar-refractivity contribution in [2.24, 2.45) is 0 Å². The summed E-state index contributed by atoms with van der Waals surface area (Å²) in [7, 11) is -3.39. The molecule has 0 bridgehead atoms. The van der Waals surface area contributed by atoms with Crippen molar-refractivity contribution in [1.82, 2.24) is 5.32 Å². The van der Waals surface area contributed by atoms with Crippen molar-refractivity contribution in [3.8, 4) is 11.5 Å². The molecule has 0 saturated carbocycles. The first-order valence-electron chi connectivity index (χ1n) is 7.96. The summed E-state index contributed by atoms with van der Waals surface area (Å²) in [4.78, 5) is 12.1. The summed E-state index contributed by atoms with van der Waals surface area (Å²) in [5, 5.41) is 31.4. The number of rotatable bonds is 7. The maximum atomic E-state index is 13.3. The highest BCUT2D eigenvalue weighted by Crippen LogP contribution is 2.25. The van der Waals surface area contributed by atoms with E-state index in [4.69, 9.17) is 0 Å². The molecule has 9 heteroatoms. The number of halogens is 1. The van der Waals surface area contributed by atoms with Crippen LogP contribution >= 0.6 is 0 Å². The molecule has 0 aliphatic rings. The Morgan fingerprint density at radius 1 is 1.11 bits per heavy atom. The molecule has 0 spiro atoms. The quantitative estimate of drug-likeness (QED) is 0.521. The lowest BCUT2D eigenvalue weighted by atomic mass is 10.0. The lowest BCUT2D eigenvalue weighted by molar-refractivity contribution is -0.122. The zero-order valence-corrected chi connectivity index (χ0v) is 15.3. The molecule has 0 radical (unpaired) electrons. The van der Waals surface area contributed by atoms with Crippen molar-refractivity contribution in [3.63, 3.8) is 0 Å². The third kappa shape index (κ3) is 5.41. The Morgan fingerprint density at radius 3 is 2.26 bits per heavy atom. The van der Waals surface area contributed by atoms with Crippen molar-refractivity contribution in [2.75, 3.05) is 12.9 Å². The minimum absolute atomic E-state index is 0.0615. The summed E-state index contributed by atoms with van der Waals surface area (Å²) in [6.45, 7) is -1.04. The maximum Gasteiger partial charge on any atom is 0.224 e. The minimum Gasteiger partial charge on any atom is -0.504 e. The zero-order chi connectivity index (χ0) is 20.2. The second-order valence-corrected chi connectivity index (χ2v) is 8.13. The molecule has 0 aliphatic heterocycles. The van der Waals surface area contributed by atoms with Gasteiger partial charge in [-0.05, 0) is 35.4 Å². The number of carbonyl (C=O) groups is 1. The van der Waals surface area contributed by atoms with Crippen molar-refractivity contribution in [3.05, 3.63) is 53.6 Å². The van der Waals surface area contributed by atoms with Gasteiger partial charge in [0.1, 0.15) is 12.8 Å². The van der Waals surface area contributed by atoms with Crippen LogP contribution in [0.25, 0.3) is 0 Å². The average molecular weight is 397 g/mol. The van der Waals surface area contributed by atoms with Gasteiger partial charge in [-0.15, -0.1) is 0 Å². The maximum absolute atomic E-state index is 13.3. The number of aliphatic hydroxyl groups is 1. The fourth-order valence-electron chi connectivity index (χ4n) is 2.47. The Hall–Kier alpha value is -2.65. The second-order valence-electron chi connectivity index (χ2n) is 6.11. The first-order valence-corrected chi connectivity index (χ1v) is 9.85. The van der Waals surface area contributed by atoms with Gasteiger partial charge < -0.3 is 20.6 Å². The summed E-state index contributed by atoms with van der Waals surface area (Å²) in [5.41, 5.74) is 0.653. The van der Waals surface area contributed by atoms with Gasteiger partial charge in [0, 0.05) is 6.26 Å². The van der Waals surface area contributed by atoms with Crippen LogP contribution in [-0.4, -0.2) is 48.6 Å². The van der Waals surface area contributed by atoms with E-state index in [0.29, 0.717) is 5.56 Å². The molecule has 2 rings (SSSR count). The zero-order valence-electron chi connectivity index (χ0n) is 14.5. The van der Waals surface area contributed by atoms with Gasteiger partial charge in [-0.3, -0.25) is 4.79 Å². The van der Waals surface area contributed by atoms with E-state index >= 15 is 0 Å². The summed E-state index contributed by atoms with van der Waals surface area (Å²) >= 11 is 0. The summed E-state index contributed by atoms with van der Waals surface area (Å²) < 4.78 is 36.2.